The van der Waals surface area contributed by atoms with Crippen LogP contribution in [0.15, 0.2) is 42.5 Å². The van der Waals surface area contributed by atoms with Crippen LogP contribution in [0, 0.1) is 10.1 Å². The molecule has 0 aliphatic rings. The van der Waals surface area contributed by atoms with E-state index < -0.39 is 4.92 Å². The molecule has 104 valence electrons. The molecule has 0 fully saturated rings. The molecule has 0 heterocycles. The first-order chi connectivity index (χ1) is 9.60. The number of aromatic hydroxyl groups is 1. The van der Waals surface area contributed by atoms with Gasteiger partial charge in [0, 0.05) is 29.9 Å². The molecule has 0 unspecified atom stereocenters. The molecule has 0 saturated carbocycles. The zero-order chi connectivity index (χ0) is 14.5. The van der Waals surface area contributed by atoms with Crippen molar-refractivity contribution in [2.75, 3.05) is 12.4 Å². The summed E-state index contributed by atoms with van der Waals surface area (Å²) in [6.45, 7) is 0.358. The van der Waals surface area contributed by atoms with Crippen molar-refractivity contribution in [1.29, 1.82) is 0 Å². The van der Waals surface area contributed by atoms with Gasteiger partial charge in [-0.2, -0.15) is 0 Å². The van der Waals surface area contributed by atoms with Crippen LogP contribution in [0.25, 0.3) is 0 Å². The number of methoxy groups -OCH3 is 1. The third-order valence-corrected chi connectivity index (χ3v) is 2.81. The van der Waals surface area contributed by atoms with E-state index in [9.17, 15) is 15.2 Å². The number of hydrogen-bond acceptors (Lipinski definition) is 5. The maximum atomic E-state index is 10.8. The Morgan fingerprint density at radius 1 is 1.30 bits per heavy atom. The van der Waals surface area contributed by atoms with Gasteiger partial charge in [-0.25, -0.2) is 0 Å². The Bertz CT molecular complexity index is 628. The van der Waals surface area contributed by atoms with Crippen LogP contribution < -0.4 is 10.1 Å². The van der Waals surface area contributed by atoms with Crippen molar-refractivity contribution < 1.29 is 14.8 Å². The standard InChI is InChI=1S/C14H14N2O4/c1-20-13-7-11(6-12(8-13)16(18)19)15-9-10-4-2-3-5-14(10)17/h2-8,15,17H,9H2,1H3. The number of nitrogens with zero attached hydrogens (tertiary/aromatic N) is 1. The Labute approximate surface area is 115 Å². The molecular weight excluding hydrogens is 260 g/mol. The summed E-state index contributed by atoms with van der Waals surface area (Å²) in [7, 11) is 1.45. The summed E-state index contributed by atoms with van der Waals surface area (Å²) >= 11 is 0. The average Bonchev–Trinajstić information content (AvgIpc) is 2.46. The van der Waals surface area contributed by atoms with Crippen molar-refractivity contribution in [3.8, 4) is 11.5 Å². The molecule has 0 atom stereocenters. The van der Waals surface area contributed by atoms with Gasteiger partial charge in [0.25, 0.3) is 5.69 Å². The minimum atomic E-state index is -0.478. The molecule has 0 radical (unpaired) electrons. The Kier molecular flexibility index (Phi) is 4.05. The summed E-state index contributed by atoms with van der Waals surface area (Å²) in [5, 5.41) is 23.5. The monoisotopic (exact) mass is 274 g/mol. The number of benzene rings is 2. The largest absolute Gasteiger partial charge is 0.508 e. The lowest BCUT2D eigenvalue weighted by atomic mass is 10.2. The lowest BCUT2D eigenvalue weighted by Crippen LogP contribution is -2.01. The van der Waals surface area contributed by atoms with Crippen LogP contribution in [-0.4, -0.2) is 17.1 Å². The normalized spacial score (nSPS) is 10.1. The Balaban J connectivity index is 2.19. The summed E-state index contributed by atoms with van der Waals surface area (Å²) in [6, 6.07) is 11.3. The number of nitrogens with one attached hydrogen (secondary N) is 1. The molecule has 0 aromatic heterocycles. The molecule has 2 N–H and O–H groups in total. The number of para-hydroxylation sites is 1. The van der Waals surface area contributed by atoms with Gasteiger partial charge >= 0.3 is 0 Å². The van der Waals surface area contributed by atoms with Gasteiger partial charge in [0.05, 0.1) is 18.1 Å². The Morgan fingerprint density at radius 2 is 2.05 bits per heavy atom. The second-order valence-corrected chi connectivity index (χ2v) is 4.16. The van der Waals surface area contributed by atoms with E-state index in [2.05, 4.69) is 5.32 Å². The third-order valence-electron chi connectivity index (χ3n) is 2.81. The van der Waals surface area contributed by atoms with E-state index in [4.69, 9.17) is 4.74 Å². The van der Waals surface area contributed by atoms with E-state index in [-0.39, 0.29) is 11.4 Å². The summed E-state index contributed by atoms with van der Waals surface area (Å²) in [5.41, 5.74) is 1.21. The summed E-state index contributed by atoms with van der Waals surface area (Å²) in [5.74, 6) is 0.580. The van der Waals surface area contributed by atoms with E-state index in [1.807, 2.05) is 6.07 Å². The zero-order valence-electron chi connectivity index (χ0n) is 10.9. The minimum absolute atomic E-state index is 0.0517. The zero-order valence-corrected chi connectivity index (χ0v) is 10.9. The van der Waals surface area contributed by atoms with E-state index in [0.29, 0.717) is 23.5 Å². The fourth-order valence-corrected chi connectivity index (χ4v) is 1.77. The van der Waals surface area contributed by atoms with E-state index in [0.717, 1.165) is 0 Å². The van der Waals surface area contributed by atoms with Gasteiger partial charge in [0.1, 0.15) is 11.5 Å². The third kappa shape index (κ3) is 3.17. The lowest BCUT2D eigenvalue weighted by molar-refractivity contribution is -0.384. The first-order valence-electron chi connectivity index (χ1n) is 5.94. The predicted molar refractivity (Wildman–Crippen MR) is 75.1 cm³/mol. The van der Waals surface area contributed by atoms with Gasteiger partial charge in [-0.3, -0.25) is 10.1 Å². The second kappa shape index (κ2) is 5.92. The van der Waals surface area contributed by atoms with Gasteiger partial charge in [-0.1, -0.05) is 18.2 Å². The summed E-state index contributed by atoms with van der Waals surface area (Å²) in [6.07, 6.45) is 0. The highest BCUT2D eigenvalue weighted by atomic mass is 16.6. The van der Waals surface area contributed by atoms with Crippen molar-refractivity contribution in [2.24, 2.45) is 0 Å². The lowest BCUT2D eigenvalue weighted by Gasteiger charge is -2.09. The molecule has 2 rings (SSSR count). The van der Waals surface area contributed by atoms with Gasteiger partial charge in [0.15, 0.2) is 0 Å². The fraction of sp³-hybridized carbons (Fsp3) is 0.143. The minimum Gasteiger partial charge on any atom is -0.508 e. The van der Waals surface area contributed by atoms with Gasteiger partial charge in [-0.05, 0) is 6.07 Å². The highest BCUT2D eigenvalue weighted by Gasteiger charge is 2.10. The Morgan fingerprint density at radius 3 is 2.70 bits per heavy atom. The molecule has 6 heteroatoms. The predicted octanol–water partition coefficient (Wildman–Crippen LogP) is 2.92. The van der Waals surface area contributed by atoms with Crippen LogP contribution in [0.5, 0.6) is 11.5 Å². The fourth-order valence-electron chi connectivity index (χ4n) is 1.77. The molecule has 2 aromatic carbocycles. The molecule has 0 saturated heterocycles. The van der Waals surface area contributed by atoms with E-state index in [1.165, 1.54) is 19.2 Å². The van der Waals surface area contributed by atoms with E-state index >= 15 is 0 Å². The number of nitro benzene ring substituents is 1. The summed E-state index contributed by atoms with van der Waals surface area (Å²) in [4.78, 5) is 10.4. The molecule has 2 aromatic rings. The molecule has 0 bridgehead atoms. The molecule has 20 heavy (non-hydrogen) atoms. The number of anilines is 1. The van der Waals surface area contributed by atoms with Gasteiger partial charge in [-0.15, -0.1) is 0 Å². The molecule has 6 nitrogen and oxygen atoms in total. The molecular formula is C14H14N2O4. The number of phenolic OH excluding ortho intramolecular Hbond substituents is 1. The molecule has 0 aliphatic carbocycles. The number of phenols is 1. The molecule has 0 spiro atoms. The number of rotatable bonds is 5. The molecule has 0 aliphatic heterocycles. The Hall–Kier alpha value is -2.76. The van der Waals surface area contributed by atoms with Crippen LogP contribution in [0.3, 0.4) is 0 Å². The highest BCUT2D eigenvalue weighted by Crippen LogP contribution is 2.26. The summed E-state index contributed by atoms with van der Waals surface area (Å²) < 4.78 is 5.03. The average molecular weight is 274 g/mol. The SMILES string of the molecule is COc1cc(NCc2ccccc2O)cc([N+](=O)[O-])c1. The van der Waals surface area contributed by atoms with Crippen molar-refractivity contribution in [1.82, 2.24) is 0 Å². The van der Waals surface area contributed by atoms with Crippen molar-refractivity contribution in [3.05, 3.63) is 58.1 Å². The van der Waals surface area contributed by atoms with Crippen LogP contribution >= 0.6 is 0 Å². The van der Waals surface area contributed by atoms with Crippen LogP contribution in [0.4, 0.5) is 11.4 Å². The second-order valence-electron chi connectivity index (χ2n) is 4.16. The number of non-ortho nitro benzene ring substituents is 1. The number of nitro groups is 1. The maximum absolute atomic E-state index is 10.8. The van der Waals surface area contributed by atoms with Crippen LogP contribution in [0.1, 0.15) is 5.56 Å². The maximum Gasteiger partial charge on any atom is 0.275 e. The smallest absolute Gasteiger partial charge is 0.275 e. The van der Waals surface area contributed by atoms with Crippen LogP contribution in [0.2, 0.25) is 0 Å². The topological polar surface area (TPSA) is 84.6 Å². The van der Waals surface area contributed by atoms with Crippen molar-refractivity contribution >= 4 is 11.4 Å². The number of ether oxygens (including phenoxy) is 1. The van der Waals surface area contributed by atoms with E-state index in [1.54, 1.807) is 24.3 Å². The number of hydrogen-bond donors (Lipinski definition) is 2. The highest BCUT2D eigenvalue weighted by molar-refractivity contribution is 5.56. The van der Waals surface area contributed by atoms with Gasteiger partial charge in [0.2, 0.25) is 0 Å². The van der Waals surface area contributed by atoms with Crippen LogP contribution in [-0.2, 0) is 6.54 Å². The van der Waals surface area contributed by atoms with Crippen molar-refractivity contribution in [3.63, 3.8) is 0 Å². The van der Waals surface area contributed by atoms with Gasteiger partial charge < -0.3 is 15.2 Å². The first-order valence-corrected chi connectivity index (χ1v) is 5.94. The quantitative estimate of drug-likeness (QED) is 0.646. The van der Waals surface area contributed by atoms with Crippen molar-refractivity contribution in [2.45, 2.75) is 6.54 Å². The molecule has 0 amide bonds. The first kappa shape index (κ1) is 13.7.